The topological polar surface area (TPSA) is 58.7 Å². The number of anilines is 1. The molecule has 1 N–H and O–H groups in total. The van der Waals surface area contributed by atoms with E-state index in [1.165, 1.54) is 0 Å². The van der Waals surface area contributed by atoms with Crippen molar-refractivity contribution in [2.45, 2.75) is 25.9 Å². The minimum absolute atomic E-state index is 0.220. The minimum Gasteiger partial charge on any atom is -0.489 e. The zero-order valence-corrected chi connectivity index (χ0v) is 12.5. The SMILES string of the molecule is CC/C(=C\F)COc1ccc2nc(N3CCC(O)C3)oc2c1. The third-order valence-corrected chi connectivity index (χ3v) is 3.82. The Morgan fingerprint density at radius 1 is 1.59 bits per heavy atom. The highest BCUT2D eigenvalue weighted by Crippen LogP contribution is 2.27. The van der Waals surface area contributed by atoms with Gasteiger partial charge in [0.2, 0.25) is 0 Å². The van der Waals surface area contributed by atoms with Gasteiger partial charge in [0.05, 0.1) is 12.4 Å². The molecule has 0 spiro atoms. The highest BCUT2D eigenvalue weighted by atomic mass is 19.1. The summed E-state index contributed by atoms with van der Waals surface area (Å²) in [6, 6.07) is 5.87. The van der Waals surface area contributed by atoms with Crippen molar-refractivity contribution in [3.63, 3.8) is 0 Å². The molecule has 0 amide bonds. The Morgan fingerprint density at radius 2 is 2.45 bits per heavy atom. The van der Waals surface area contributed by atoms with Gasteiger partial charge in [-0.2, -0.15) is 4.98 Å². The van der Waals surface area contributed by atoms with E-state index in [0.717, 1.165) is 18.5 Å². The van der Waals surface area contributed by atoms with Crippen LogP contribution in [0.25, 0.3) is 11.1 Å². The first kappa shape index (κ1) is 14.8. The number of nitrogens with zero attached hydrogens (tertiary/aromatic N) is 2. The number of benzene rings is 1. The van der Waals surface area contributed by atoms with Crippen molar-refractivity contribution in [2.24, 2.45) is 0 Å². The summed E-state index contributed by atoms with van der Waals surface area (Å²) in [5.41, 5.74) is 1.96. The largest absolute Gasteiger partial charge is 0.489 e. The van der Waals surface area contributed by atoms with Crippen LogP contribution < -0.4 is 9.64 Å². The summed E-state index contributed by atoms with van der Waals surface area (Å²) in [6.07, 6.45) is 1.60. The van der Waals surface area contributed by atoms with Crippen LogP contribution in [0.1, 0.15) is 19.8 Å². The van der Waals surface area contributed by atoms with Crippen molar-refractivity contribution in [1.82, 2.24) is 4.98 Å². The second kappa shape index (κ2) is 6.36. The summed E-state index contributed by atoms with van der Waals surface area (Å²) in [5, 5.41) is 9.58. The van der Waals surface area contributed by atoms with E-state index in [1.807, 2.05) is 17.9 Å². The summed E-state index contributed by atoms with van der Waals surface area (Å²) in [5.74, 6) is 0.615. The molecule has 0 saturated carbocycles. The number of halogens is 1. The lowest BCUT2D eigenvalue weighted by Crippen LogP contribution is -2.21. The van der Waals surface area contributed by atoms with Gasteiger partial charge < -0.3 is 19.2 Å². The zero-order chi connectivity index (χ0) is 15.5. The summed E-state index contributed by atoms with van der Waals surface area (Å²) in [6.45, 7) is 3.37. The molecular weight excluding hydrogens is 287 g/mol. The van der Waals surface area contributed by atoms with E-state index < -0.39 is 0 Å². The van der Waals surface area contributed by atoms with Gasteiger partial charge >= 0.3 is 0 Å². The normalized spacial score (nSPS) is 19.1. The fraction of sp³-hybridized carbons (Fsp3) is 0.438. The van der Waals surface area contributed by atoms with Crippen molar-refractivity contribution in [1.29, 1.82) is 0 Å². The second-order valence-corrected chi connectivity index (χ2v) is 5.42. The van der Waals surface area contributed by atoms with E-state index in [9.17, 15) is 9.50 Å². The number of aliphatic hydroxyl groups excluding tert-OH is 1. The molecule has 0 aliphatic carbocycles. The van der Waals surface area contributed by atoms with E-state index in [-0.39, 0.29) is 12.7 Å². The Bertz CT molecular complexity index is 683. The Hall–Kier alpha value is -2.08. The summed E-state index contributed by atoms with van der Waals surface area (Å²) >= 11 is 0. The number of hydrogen-bond donors (Lipinski definition) is 1. The maximum absolute atomic E-state index is 12.5. The number of aromatic nitrogens is 1. The molecule has 2 aromatic rings. The molecule has 3 rings (SSSR count). The van der Waals surface area contributed by atoms with Crippen molar-refractivity contribution in [3.05, 3.63) is 30.1 Å². The molecule has 22 heavy (non-hydrogen) atoms. The van der Waals surface area contributed by atoms with E-state index in [2.05, 4.69) is 4.98 Å². The highest BCUT2D eigenvalue weighted by Gasteiger charge is 2.24. The van der Waals surface area contributed by atoms with Crippen LogP contribution in [0.15, 0.2) is 34.5 Å². The number of ether oxygens (including phenoxy) is 1. The van der Waals surface area contributed by atoms with Crippen LogP contribution in [0.2, 0.25) is 0 Å². The molecule has 1 aliphatic rings. The number of β-amino-alcohol motifs (C(OH)–C–C–N with tert-alkyl or cyclic N) is 1. The third kappa shape index (κ3) is 3.06. The number of fused-ring (bicyclic) bond motifs is 1. The predicted octanol–water partition coefficient (Wildman–Crippen LogP) is 3.04. The summed E-state index contributed by atoms with van der Waals surface area (Å²) < 4.78 is 23.8. The van der Waals surface area contributed by atoms with Gasteiger partial charge in [0, 0.05) is 19.2 Å². The first-order valence-electron chi connectivity index (χ1n) is 7.44. The molecule has 1 fully saturated rings. The van der Waals surface area contributed by atoms with Crippen LogP contribution in [0.5, 0.6) is 5.75 Å². The molecule has 118 valence electrons. The fourth-order valence-electron chi connectivity index (χ4n) is 2.42. The standard InChI is InChI=1S/C16H19FN2O3/c1-2-11(8-17)10-21-13-3-4-14-15(7-13)22-16(18-14)19-6-5-12(20)9-19/h3-4,7-8,12,20H,2,5-6,9-10H2,1H3/b11-8+. The van der Waals surface area contributed by atoms with Gasteiger partial charge in [0.15, 0.2) is 5.58 Å². The van der Waals surface area contributed by atoms with Crippen LogP contribution in [-0.2, 0) is 0 Å². The summed E-state index contributed by atoms with van der Waals surface area (Å²) in [7, 11) is 0. The molecular formula is C16H19FN2O3. The van der Waals surface area contributed by atoms with Crippen molar-refractivity contribution < 1.29 is 18.7 Å². The molecule has 1 saturated heterocycles. The smallest absolute Gasteiger partial charge is 0.298 e. The first-order valence-corrected chi connectivity index (χ1v) is 7.44. The molecule has 1 unspecified atom stereocenters. The maximum Gasteiger partial charge on any atom is 0.298 e. The van der Waals surface area contributed by atoms with Gasteiger partial charge in [-0.15, -0.1) is 0 Å². The molecule has 6 heteroatoms. The molecule has 1 aromatic heterocycles. The fourth-order valence-corrected chi connectivity index (χ4v) is 2.42. The summed E-state index contributed by atoms with van der Waals surface area (Å²) in [4.78, 5) is 6.34. The van der Waals surface area contributed by atoms with Gasteiger partial charge in [-0.25, -0.2) is 4.39 Å². The monoisotopic (exact) mass is 306 g/mol. The molecule has 2 heterocycles. The number of rotatable bonds is 5. The lowest BCUT2D eigenvalue weighted by Gasteiger charge is -2.10. The van der Waals surface area contributed by atoms with Crippen LogP contribution in [-0.4, -0.2) is 35.9 Å². The molecule has 1 aliphatic heterocycles. The maximum atomic E-state index is 12.5. The van der Waals surface area contributed by atoms with Crippen LogP contribution in [0.4, 0.5) is 10.4 Å². The van der Waals surface area contributed by atoms with Crippen molar-refractivity contribution >= 4 is 17.1 Å². The molecule has 0 radical (unpaired) electrons. The van der Waals surface area contributed by atoms with Gasteiger partial charge in [0.25, 0.3) is 6.01 Å². The van der Waals surface area contributed by atoms with E-state index in [4.69, 9.17) is 9.15 Å². The number of hydrogen-bond acceptors (Lipinski definition) is 5. The Labute approximate surface area is 128 Å². The van der Waals surface area contributed by atoms with E-state index in [1.54, 1.807) is 12.1 Å². The first-order chi connectivity index (χ1) is 10.7. The van der Waals surface area contributed by atoms with Crippen LogP contribution >= 0.6 is 0 Å². The molecule has 1 atom stereocenters. The quantitative estimate of drug-likeness (QED) is 0.920. The average Bonchev–Trinajstić information content (AvgIpc) is 3.13. The highest BCUT2D eigenvalue weighted by molar-refractivity contribution is 5.76. The molecule has 5 nitrogen and oxygen atoms in total. The number of aliphatic hydroxyl groups is 1. The Morgan fingerprint density at radius 3 is 3.14 bits per heavy atom. The van der Waals surface area contributed by atoms with E-state index >= 15 is 0 Å². The Balaban J connectivity index is 1.75. The molecule has 0 bridgehead atoms. The second-order valence-electron chi connectivity index (χ2n) is 5.42. The minimum atomic E-state index is -0.325. The Kier molecular flexibility index (Phi) is 4.29. The van der Waals surface area contributed by atoms with Crippen molar-refractivity contribution in [3.8, 4) is 5.75 Å². The van der Waals surface area contributed by atoms with Crippen LogP contribution in [0.3, 0.4) is 0 Å². The lowest BCUT2D eigenvalue weighted by molar-refractivity contribution is 0.198. The van der Waals surface area contributed by atoms with Gasteiger partial charge in [-0.05, 0) is 30.5 Å². The van der Waals surface area contributed by atoms with Crippen molar-refractivity contribution in [2.75, 3.05) is 24.6 Å². The third-order valence-electron chi connectivity index (χ3n) is 3.82. The average molecular weight is 306 g/mol. The van der Waals surface area contributed by atoms with Crippen LogP contribution in [0, 0.1) is 0 Å². The molecule has 1 aromatic carbocycles. The van der Waals surface area contributed by atoms with Gasteiger partial charge in [-0.1, -0.05) is 6.92 Å². The lowest BCUT2D eigenvalue weighted by atomic mass is 10.2. The van der Waals surface area contributed by atoms with Gasteiger partial charge in [-0.3, -0.25) is 0 Å². The zero-order valence-electron chi connectivity index (χ0n) is 12.5. The number of oxazole rings is 1. The van der Waals surface area contributed by atoms with Gasteiger partial charge in [0.1, 0.15) is 17.9 Å². The predicted molar refractivity (Wildman–Crippen MR) is 81.8 cm³/mol. The van der Waals surface area contributed by atoms with E-state index in [0.29, 0.717) is 42.2 Å².